The highest BCUT2D eigenvalue weighted by Crippen LogP contribution is 2.27. The van der Waals surface area contributed by atoms with Crippen LogP contribution in [0.1, 0.15) is 0 Å². The van der Waals surface area contributed by atoms with E-state index in [9.17, 15) is 4.79 Å². The van der Waals surface area contributed by atoms with Crippen LogP contribution in [0.3, 0.4) is 0 Å². The van der Waals surface area contributed by atoms with E-state index >= 15 is 0 Å². The van der Waals surface area contributed by atoms with Gasteiger partial charge in [0.15, 0.2) is 5.69 Å². The van der Waals surface area contributed by atoms with Crippen molar-refractivity contribution in [3.63, 3.8) is 0 Å². The Balaban J connectivity index is 1.68. The van der Waals surface area contributed by atoms with Crippen LogP contribution in [0.4, 0.5) is 0 Å². The van der Waals surface area contributed by atoms with E-state index in [-0.39, 0.29) is 11.4 Å². The van der Waals surface area contributed by atoms with Crippen LogP contribution in [0, 0.1) is 0 Å². The van der Waals surface area contributed by atoms with Crippen molar-refractivity contribution in [3.8, 4) is 28.7 Å². The molecule has 2 aromatic heterocycles. The van der Waals surface area contributed by atoms with Crippen LogP contribution in [0.15, 0.2) is 93.1 Å². The number of hydrogen-bond donors (Lipinski definition) is 0. The zero-order valence-corrected chi connectivity index (χ0v) is 16.8. The van der Waals surface area contributed by atoms with E-state index < -0.39 is 0 Å². The van der Waals surface area contributed by atoms with Crippen molar-refractivity contribution in [3.05, 3.63) is 89.2 Å². The maximum atomic E-state index is 13.0. The van der Waals surface area contributed by atoms with Crippen molar-refractivity contribution < 1.29 is 4.52 Å². The molecule has 30 heavy (non-hydrogen) atoms. The lowest BCUT2D eigenvalue weighted by Crippen LogP contribution is -2.22. The number of benzene rings is 3. The topological polar surface area (TPSA) is 73.8 Å². The minimum atomic E-state index is -0.201. The number of rotatable bonds is 4. The Morgan fingerprint density at radius 1 is 0.867 bits per heavy atom. The van der Waals surface area contributed by atoms with E-state index in [1.54, 1.807) is 17.8 Å². The number of aromatic nitrogens is 4. The molecular formula is C23H16N4O2S. The van der Waals surface area contributed by atoms with Gasteiger partial charge in [-0.25, -0.2) is 0 Å². The summed E-state index contributed by atoms with van der Waals surface area (Å²) in [4.78, 5) is 18.7. The van der Waals surface area contributed by atoms with E-state index in [4.69, 9.17) is 4.52 Å². The zero-order valence-electron chi connectivity index (χ0n) is 16.0. The summed E-state index contributed by atoms with van der Waals surface area (Å²) in [7, 11) is 0. The SMILES string of the molecule is CSc1ccc(-c2noc(-c3nn(-c4ccccc4)c(=O)c4ccccc34)n2)cc1. The summed E-state index contributed by atoms with van der Waals surface area (Å²) in [6.07, 6.45) is 2.03. The normalized spacial score (nSPS) is 11.1. The third-order valence-corrected chi connectivity index (χ3v) is 5.53. The van der Waals surface area contributed by atoms with Crippen molar-refractivity contribution in [2.24, 2.45) is 0 Å². The van der Waals surface area contributed by atoms with Crippen LogP contribution in [-0.4, -0.2) is 26.2 Å². The monoisotopic (exact) mass is 412 g/mol. The predicted molar refractivity (Wildman–Crippen MR) is 118 cm³/mol. The van der Waals surface area contributed by atoms with Gasteiger partial charge in [0.25, 0.3) is 11.4 Å². The molecule has 0 saturated carbocycles. The van der Waals surface area contributed by atoms with Crippen LogP contribution >= 0.6 is 11.8 Å². The van der Waals surface area contributed by atoms with E-state index in [2.05, 4.69) is 15.2 Å². The summed E-state index contributed by atoms with van der Waals surface area (Å²) in [5.74, 6) is 0.737. The average Bonchev–Trinajstić information content (AvgIpc) is 3.30. The molecule has 7 heteroatoms. The van der Waals surface area contributed by atoms with Gasteiger partial charge in [-0.1, -0.05) is 41.6 Å². The Hall–Kier alpha value is -3.71. The lowest BCUT2D eigenvalue weighted by Gasteiger charge is -2.08. The molecule has 2 heterocycles. The van der Waals surface area contributed by atoms with Crippen LogP contribution in [-0.2, 0) is 0 Å². The highest BCUT2D eigenvalue weighted by Gasteiger charge is 2.18. The summed E-state index contributed by atoms with van der Waals surface area (Å²) in [6, 6.07) is 24.5. The fourth-order valence-electron chi connectivity index (χ4n) is 3.27. The standard InChI is InChI=1S/C23H16N4O2S/c1-30-17-13-11-15(12-14-17)21-24-22(29-26-21)20-18-9-5-6-10-19(18)23(28)27(25-20)16-7-3-2-4-8-16/h2-14H,1H3. The first-order chi connectivity index (χ1) is 14.7. The van der Waals surface area contributed by atoms with Gasteiger partial charge in [0, 0.05) is 15.8 Å². The summed E-state index contributed by atoms with van der Waals surface area (Å²) in [6.45, 7) is 0. The molecule has 6 nitrogen and oxygen atoms in total. The number of thioether (sulfide) groups is 1. The third-order valence-electron chi connectivity index (χ3n) is 4.78. The summed E-state index contributed by atoms with van der Waals surface area (Å²) in [5, 5.41) is 9.92. The third kappa shape index (κ3) is 3.19. The van der Waals surface area contributed by atoms with Crippen molar-refractivity contribution in [1.82, 2.24) is 19.9 Å². The molecular weight excluding hydrogens is 396 g/mol. The van der Waals surface area contributed by atoms with E-state index in [0.29, 0.717) is 28.0 Å². The van der Waals surface area contributed by atoms with Crippen LogP contribution in [0.5, 0.6) is 0 Å². The lowest BCUT2D eigenvalue weighted by atomic mass is 10.1. The second-order valence-electron chi connectivity index (χ2n) is 6.60. The molecule has 5 rings (SSSR count). The molecule has 0 aliphatic heterocycles. The van der Waals surface area contributed by atoms with E-state index in [0.717, 1.165) is 10.5 Å². The second-order valence-corrected chi connectivity index (χ2v) is 7.48. The van der Waals surface area contributed by atoms with Crippen molar-refractivity contribution >= 4 is 22.5 Å². The fourth-order valence-corrected chi connectivity index (χ4v) is 3.68. The lowest BCUT2D eigenvalue weighted by molar-refractivity contribution is 0.430. The Kier molecular flexibility index (Phi) is 4.65. The Bertz CT molecular complexity index is 1390. The van der Waals surface area contributed by atoms with Crippen LogP contribution < -0.4 is 5.56 Å². The van der Waals surface area contributed by atoms with Crippen LogP contribution in [0.25, 0.3) is 39.4 Å². The van der Waals surface area contributed by atoms with Crippen molar-refractivity contribution in [2.75, 3.05) is 6.26 Å². The summed E-state index contributed by atoms with van der Waals surface area (Å²) < 4.78 is 6.93. The Labute approximate surface area is 176 Å². The molecule has 0 unspecified atom stereocenters. The smallest absolute Gasteiger partial charge is 0.279 e. The zero-order chi connectivity index (χ0) is 20.5. The molecule has 146 valence electrons. The molecule has 0 aliphatic carbocycles. The summed E-state index contributed by atoms with van der Waals surface area (Å²) >= 11 is 1.67. The maximum absolute atomic E-state index is 13.0. The van der Waals surface area contributed by atoms with Gasteiger partial charge in [0.2, 0.25) is 5.82 Å². The molecule has 0 amide bonds. The van der Waals surface area contributed by atoms with Crippen LogP contribution in [0.2, 0.25) is 0 Å². The summed E-state index contributed by atoms with van der Waals surface area (Å²) in [5.41, 5.74) is 1.78. The van der Waals surface area contributed by atoms with Gasteiger partial charge in [-0.2, -0.15) is 14.8 Å². The van der Waals surface area contributed by atoms with Gasteiger partial charge < -0.3 is 4.52 Å². The molecule has 0 atom stereocenters. The Morgan fingerprint density at radius 2 is 1.57 bits per heavy atom. The van der Waals surface area contributed by atoms with Crippen molar-refractivity contribution in [1.29, 1.82) is 0 Å². The minimum Gasteiger partial charge on any atom is -0.332 e. The fraction of sp³-hybridized carbons (Fsp3) is 0.0435. The highest BCUT2D eigenvalue weighted by molar-refractivity contribution is 7.98. The van der Waals surface area contributed by atoms with E-state index in [1.807, 2.05) is 79.1 Å². The second kappa shape index (κ2) is 7.61. The quantitative estimate of drug-likeness (QED) is 0.394. The number of fused-ring (bicyclic) bond motifs is 1. The molecule has 0 spiro atoms. The maximum Gasteiger partial charge on any atom is 0.279 e. The molecule has 0 saturated heterocycles. The molecule has 0 bridgehead atoms. The van der Waals surface area contributed by atoms with E-state index in [1.165, 1.54) is 4.68 Å². The molecule has 0 fully saturated rings. The predicted octanol–water partition coefficient (Wildman–Crippen LogP) is 4.82. The first-order valence-corrected chi connectivity index (χ1v) is 10.5. The molecule has 3 aromatic carbocycles. The van der Waals surface area contributed by atoms with Gasteiger partial charge >= 0.3 is 0 Å². The number of hydrogen-bond acceptors (Lipinski definition) is 6. The first-order valence-electron chi connectivity index (χ1n) is 9.30. The first kappa shape index (κ1) is 18.3. The minimum absolute atomic E-state index is 0.201. The number of para-hydroxylation sites is 1. The van der Waals surface area contributed by atoms with Gasteiger partial charge in [-0.15, -0.1) is 11.8 Å². The molecule has 0 N–H and O–H groups in total. The van der Waals surface area contributed by atoms with Gasteiger partial charge in [-0.05, 0) is 48.7 Å². The van der Waals surface area contributed by atoms with Crippen molar-refractivity contribution in [2.45, 2.75) is 4.90 Å². The molecule has 5 aromatic rings. The van der Waals surface area contributed by atoms with Gasteiger partial charge in [-0.3, -0.25) is 4.79 Å². The molecule has 0 radical (unpaired) electrons. The van der Waals surface area contributed by atoms with Gasteiger partial charge in [0.1, 0.15) is 0 Å². The number of nitrogens with zero attached hydrogens (tertiary/aromatic N) is 4. The average molecular weight is 412 g/mol. The largest absolute Gasteiger partial charge is 0.332 e. The Morgan fingerprint density at radius 3 is 2.30 bits per heavy atom. The van der Waals surface area contributed by atoms with Gasteiger partial charge in [0.05, 0.1) is 11.1 Å². The highest BCUT2D eigenvalue weighted by atomic mass is 32.2. The molecule has 0 aliphatic rings.